The highest BCUT2D eigenvalue weighted by Gasteiger charge is 2.37. The Morgan fingerprint density at radius 1 is 0.969 bits per heavy atom. The molecule has 0 radical (unpaired) electrons. The first-order chi connectivity index (χ1) is 14.9. The Balaban J connectivity index is 0.000000244. The standard InChI is InChI=1S/C10H4F6N2O.C9H10FNO2/c11-9(12,13)6-1-5(8-17-4-19-18-8)2-7(3-6)10(14,15)16;10-8-3-1-7(2-4-8)9(13)11-5-6-12/h1-4H;1-4,12H,5-6H2,(H,11,13). The van der Waals surface area contributed by atoms with Crippen molar-refractivity contribution in [3.8, 4) is 11.4 Å². The van der Waals surface area contributed by atoms with Gasteiger partial charge in [0.2, 0.25) is 12.2 Å². The topological polar surface area (TPSA) is 88.2 Å². The third-order valence-electron chi connectivity index (χ3n) is 3.71. The Kier molecular flexibility index (Phi) is 7.92. The Bertz CT molecular complexity index is 986. The van der Waals surface area contributed by atoms with Crippen molar-refractivity contribution in [3.63, 3.8) is 0 Å². The maximum atomic E-state index is 12.5. The van der Waals surface area contributed by atoms with E-state index in [9.17, 15) is 35.5 Å². The largest absolute Gasteiger partial charge is 0.416 e. The van der Waals surface area contributed by atoms with Crippen molar-refractivity contribution in [1.29, 1.82) is 0 Å². The van der Waals surface area contributed by atoms with Crippen molar-refractivity contribution in [2.45, 2.75) is 12.4 Å². The van der Waals surface area contributed by atoms with Gasteiger partial charge in [-0.2, -0.15) is 31.3 Å². The van der Waals surface area contributed by atoms with Gasteiger partial charge < -0.3 is 14.9 Å². The molecule has 3 rings (SSSR count). The van der Waals surface area contributed by atoms with Crippen molar-refractivity contribution in [2.24, 2.45) is 0 Å². The molecule has 0 unspecified atom stereocenters. The SMILES string of the molecule is FC(F)(F)c1cc(-c2ncon2)cc(C(F)(F)F)c1.O=C(NCCO)c1ccc(F)cc1. The summed E-state index contributed by atoms with van der Waals surface area (Å²) >= 11 is 0. The number of halogens is 7. The molecule has 0 saturated heterocycles. The molecule has 32 heavy (non-hydrogen) atoms. The van der Waals surface area contributed by atoms with Crippen LogP contribution >= 0.6 is 0 Å². The van der Waals surface area contributed by atoms with Crippen LogP contribution in [0.25, 0.3) is 11.4 Å². The summed E-state index contributed by atoms with van der Waals surface area (Å²) in [6.07, 6.45) is -9.00. The molecular formula is C19H14F7N3O3. The minimum absolute atomic E-state index is 0.0313. The van der Waals surface area contributed by atoms with Gasteiger partial charge in [0.25, 0.3) is 5.91 Å². The van der Waals surface area contributed by atoms with Crippen LogP contribution < -0.4 is 5.32 Å². The molecule has 0 bridgehead atoms. The second-order valence-electron chi connectivity index (χ2n) is 6.04. The first kappa shape index (κ1) is 24.8. The molecule has 0 aliphatic heterocycles. The molecule has 1 heterocycles. The monoisotopic (exact) mass is 465 g/mol. The minimum atomic E-state index is -4.90. The van der Waals surface area contributed by atoms with E-state index < -0.39 is 29.0 Å². The van der Waals surface area contributed by atoms with Gasteiger partial charge in [0.1, 0.15) is 5.82 Å². The van der Waals surface area contributed by atoms with Gasteiger partial charge in [-0.15, -0.1) is 0 Å². The van der Waals surface area contributed by atoms with E-state index in [1.807, 2.05) is 0 Å². The smallest absolute Gasteiger partial charge is 0.395 e. The fourth-order valence-corrected chi connectivity index (χ4v) is 2.25. The van der Waals surface area contributed by atoms with E-state index in [-0.39, 0.29) is 36.8 Å². The fraction of sp³-hybridized carbons (Fsp3) is 0.211. The number of hydrogen-bond donors (Lipinski definition) is 2. The summed E-state index contributed by atoms with van der Waals surface area (Å²) in [6, 6.07) is 6.30. The second kappa shape index (κ2) is 10.2. The number of alkyl halides is 6. The zero-order valence-corrected chi connectivity index (χ0v) is 15.8. The number of rotatable bonds is 4. The van der Waals surface area contributed by atoms with Crippen molar-refractivity contribution in [3.05, 3.63) is 71.4 Å². The predicted molar refractivity (Wildman–Crippen MR) is 95.6 cm³/mol. The number of hydrogen-bond acceptors (Lipinski definition) is 5. The molecule has 3 aromatic rings. The van der Waals surface area contributed by atoms with E-state index in [1.165, 1.54) is 24.3 Å². The lowest BCUT2D eigenvalue weighted by Crippen LogP contribution is -2.26. The maximum absolute atomic E-state index is 12.5. The summed E-state index contributed by atoms with van der Waals surface area (Å²) in [5.74, 6) is -1.04. The molecule has 6 nitrogen and oxygen atoms in total. The number of nitrogens with one attached hydrogen (secondary N) is 1. The first-order valence-electron chi connectivity index (χ1n) is 8.62. The highest BCUT2D eigenvalue weighted by molar-refractivity contribution is 5.94. The molecule has 0 saturated carbocycles. The van der Waals surface area contributed by atoms with Crippen LogP contribution in [-0.2, 0) is 12.4 Å². The van der Waals surface area contributed by atoms with E-state index in [0.717, 1.165) is 6.39 Å². The lowest BCUT2D eigenvalue weighted by atomic mass is 10.0. The number of carbonyl (C=O) groups is 1. The Hall–Kier alpha value is -3.48. The van der Waals surface area contributed by atoms with Gasteiger partial charge in [0.05, 0.1) is 17.7 Å². The van der Waals surface area contributed by atoms with E-state index in [0.29, 0.717) is 17.7 Å². The molecule has 1 aromatic heterocycles. The number of aromatic nitrogens is 2. The molecule has 13 heteroatoms. The van der Waals surface area contributed by atoms with Gasteiger partial charge in [-0.05, 0) is 42.5 Å². The molecule has 172 valence electrons. The van der Waals surface area contributed by atoms with Crippen molar-refractivity contribution in [2.75, 3.05) is 13.2 Å². The van der Waals surface area contributed by atoms with Gasteiger partial charge in [-0.1, -0.05) is 5.16 Å². The predicted octanol–water partition coefficient (Wildman–Crippen LogP) is 4.32. The average molecular weight is 465 g/mol. The van der Waals surface area contributed by atoms with Gasteiger partial charge in [0.15, 0.2) is 0 Å². The van der Waals surface area contributed by atoms with Gasteiger partial charge in [0, 0.05) is 17.7 Å². The fourth-order valence-electron chi connectivity index (χ4n) is 2.25. The molecule has 0 fully saturated rings. The number of benzene rings is 2. The molecule has 0 atom stereocenters. The molecule has 0 spiro atoms. The van der Waals surface area contributed by atoms with Crippen LogP contribution in [0.3, 0.4) is 0 Å². The molecule has 0 aliphatic carbocycles. The van der Waals surface area contributed by atoms with Crippen molar-refractivity contribution in [1.82, 2.24) is 15.5 Å². The zero-order valence-electron chi connectivity index (χ0n) is 15.8. The van der Waals surface area contributed by atoms with Gasteiger partial charge in [-0.3, -0.25) is 4.79 Å². The summed E-state index contributed by atoms with van der Waals surface area (Å²) < 4.78 is 92.0. The third-order valence-corrected chi connectivity index (χ3v) is 3.71. The normalized spacial score (nSPS) is 11.5. The number of amides is 1. The number of aliphatic hydroxyl groups is 1. The lowest BCUT2D eigenvalue weighted by Gasteiger charge is -2.12. The summed E-state index contributed by atoms with van der Waals surface area (Å²) in [6.45, 7) is 0.100. The van der Waals surface area contributed by atoms with Crippen LogP contribution in [0.1, 0.15) is 21.5 Å². The second-order valence-corrected chi connectivity index (χ2v) is 6.04. The summed E-state index contributed by atoms with van der Waals surface area (Å²) in [4.78, 5) is 14.6. The quantitative estimate of drug-likeness (QED) is 0.561. The van der Waals surface area contributed by atoms with Crippen LogP contribution in [0.5, 0.6) is 0 Å². The Morgan fingerprint density at radius 3 is 1.97 bits per heavy atom. The van der Waals surface area contributed by atoms with Crippen LogP contribution in [0.15, 0.2) is 53.4 Å². The van der Waals surface area contributed by atoms with Crippen molar-refractivity contribution >= 4 is 5.91 Å². The molecule has 1 amide bonds. The number of aliphatic hydroxyl groups excluding tert-OH is 1. The number of nitrogens with zero attached hydrogens (tertiary/aromatic N) is 2. The van der Waals surface area contributed by atoms with Crippen molar-refractivity contribution < 1.29 is 45.2 Å². The van der Waals surface area contributed by atoms with Crippen LogP contribution in [0, 0.1) is 5.82 Å². The third kappa shape index (κ3) is 7.04. The van der Waals surface area contributed by atoms with E-state index in [1.54, 1.807) is 0 Å². The Morgan fingerprint density at radius 2 is 1.53 bits per heavy atom. The molecule has 2 aromatic carbocycles. The minimum Gasteiger partial charge on any atom is -0.395 e. The molecule has 0 aliphatic rings. The summed E-state index contributed by atoms with van der Waals surface area (Å²) in [7, 11) is 0. The van der Waals surface area contributed by atoms with Gasteiger partial charge in [-0.25, -0.2) is 4.39 Å². The molecule has 2 N–H and O–H groups in total. The average Bonchev–Trinajstić information content (AvgIpc) is 3.26. The highest BCUT2D eigenvalue weighted by Crippen LogP contribution is 2.37. The van der Waals surface area contributed by atoms with Crippen LogP contribution in [0.2, 0.25) is 0 Å². The Labute approximate surface area is 175 Å². The van der Waals surface area contributed by atoms with E-state index >= 15 is 0 Å². The maximum Gasteiger partial charge on any atom is 0.416 e. The first-order valence-corrected chi connectivity index (χ1v) is 8.62. The van der Waals surface area contributed by atoms with Crippen LogP contribution in [-0.4, -0.2) is 34.3 Å². The highest BCUT2D eigenvalue weighted by atomic mass is 19.4. The van der Waals surface area contributed by atoms with E-state index in [4.69, 9.17) is 5.11 Å². The van der Waals surface area contributed by atoms with Gasteiger partial charge >= 0.3 is 12.4 Å². The zero-order chi connectivity index (χ0) is 23.9. The number of carbonyl (C=O) groups excluding carboxylic acids is 1. The van der Waals surface area contributed by atoms with E-state index in [2.05, 4.69) is 20.0 Å². The summed E-state index contributed by atoms with van der Waals surface area (Å²) in [5.41, 5.74) is -2.89. The lowest BCUT2D eigenvalue weighted by molar-refractivity contribution is -0.143. The summed E-state index contributed by atoms with van der Waals surface area (Å²) in [5, 5.41) is 14.1. The van der Waals surface area contributed by atoms with Crippen LogP contribution in [0.4, 0.5) is 30.7 Å². The molecular weight excluding hydrogens is 451 g/mol.